The van der Waals surface area contributed by atoms with Crippen LogP contribution in [0.2, 0.25) is 0 Å². The van der Waals surface area contributed by atoms with Gasteiger partial charge in [0.25, 0.3) is 0 Å². The molecule has 1 saturated carbocycles. The molecule has 0 bridgehead atoms. The number of hydrogen-bond donors (Lipinski definition) is 2. The van der Waals surface area contributed by atoms with Gasteiger partial charge in [0.1, 0.15) is 5.75 Å². The Hall–Kier alpha value is -2.26. The minimum Gasteiger partial charge on any atom is -0.507 e. The maximum atomic E-state index is 10.1. The summed E-state index contributed by atoms with van der Waals surface area (Å²) in [6, 6.07) is 28.6. The fourth-order valence-corrected chi connectivity index (χ4v) is 7.71. The van der Waals surface area contributed by atoms with E-state index in [4.69, 9.17) is 16.8 Å². The van der Waals surface area contributed by atoms with Crippen LogP contribution in [0.3, 0.4) is 0 Å². The van der Waals surface area contributed by atoms with E-state index in [1.807, 2.05) is 36.5 Å². The number of aromatic hydroxyl groups is 1. The summed E-state index contributed by atoms with van der Waals surface area (Å²) in [5, 5.41) is 16.3. The lowest BCUT2D eigenvalue weighted by atomic mass is 9.91. The molecule has 0 spiro atoms. The first-order chi connectivity index (χ1) is 14.7. The van der Waals surface area contributed by atoms with Crippen molar-refractivity contribution in [1.29, 1.82) is 0 Å². The van der Waals surface area contributed by atoms with Gasteiger partial charge < -0.3 is 5.11 Å². The van der Waals surface area contributed by atoms with Gasteiger partial charge in [-0.05, 0) is 25.0 Å². The lowest BCUT2D eigenvalue weighted by Gasteiger charge is -2.35. The molecule has 5 heteroatoms. The van der Waals surface area contributed by atoms with Crippen LogP contribution in [0.25, 0.3) is 0 Å². The van der Waals surface area contributed by atoms with Crippen molar-refractivity contribution in [2.75, 3.05) is 0 Å². The minimum absolute atomic E-state index is 0.146. The topological polar surface area (TPSA) is 44.6 Å². The Morgan fingerprint density at radius 2 is 1.40 bits per heavy atom. The Bertz CT molecular complexity index is 996. The zero-order valence-electron chi connectivity index (χ0n) is 16.9. The van der Waals surface area contributed by atoms with Gasteiger partial charge >= 0.3 is 0 Å². The SMILES string of the molecule is Oc1ccccc1C=N[C@@H]1CCCC[C@H]1NP(=S)(c1ccccc1)c1ccccc1. The number of para-hydroxylation sites is 1. The maximum Gasteiger partial charge on any atom is 0.124 e. The van der Waals surface area contributed by atoms with Crippen molar-refractivity contribution in [2.24, 2.45) is 4.99 Å². The van der Waals surface area contributed by atoms with Gasteiger partial charge in [0.2, 0.25) is 0 Å². The molecule has 1 aliphatic carbocycles. The lowest BCUT2D eigenvalue weighted by molar-refractivity contribution is 0.370. The molecule has 30 heavy (non-hydrogen) atoms. The largest absolute Gasteiger partial charge is 0.507 e. The second kappa shape index (κ2) is 9.70. The van der Waals surface area contributed by atoms with E-state index < -0.39 is 6.19 Å². The smallest absolute Gasteiger partial charge is 0.124 e. The normalized spacial score (nSPS) is 19.7. The molecule has 1 aliphatic rings. The summed E-state index contributed by atoms with van der Waals surface area (Å²) in [7, 11) is 0. The Morgan fingerprint density at radius 1 is 0.833 bits per heavy atom. The van der Waals surface area contributed by atoms with E-state index in [0.717, 1.165) is 18.4 Å². The highest BCUT2D eigenvalue weighted by molar-refractivity contribution is 8.20. The number of phenolic OH excluding ortho intramolecular Hbond substituents is 1. The number of aliphatic imine (C=N–C) groups is 1. The van der Waals surface area contributed by atoms with Crippen LogP contribution in [0.4, 0.5) is 0 Å². The molecule has 1 fully saturated rings. The third kappa shape index (κ3) is 4.73. The maximum absolute atomic E-state index is 10.1. The first-order valence-electron chi connectivity index (χ1n) is 10.5. The van der Waals surface area contributed by atoms with Gasteiger partial charge in [-0.2, -0.15) is 0 Å². The van der Waals surface area contributed by atoms with Gasteiger partial charge in [0, 0.05) is 28.4 Å². The van der Waals surface area contributed by atoms with Crippen LogP contribution in [0.5, 0.6) is 5.75 Å². The molecule has 2 atom stereocenters. The van der Waals surface area contributed by atoms with E-state index in [0.29, 0.717) is 0 Å². The molecule has 0 amide bonds. The first kappa shape index (κ1) is 21.0. The molecule has 0 radical (unpaired) electrons. The van der Waals surface area contributed by atoms with Gasteiger partial charge in [0.05, 0.1) is 12.2 Å². The van der Waals surface area contributed by atoms with E-state index >= 15 is 0 Å². The highest BCUT2D eigenvalue weighted by atomic mass is 32.4. The first-order valence-corrected chi connectivity index (χ1v) is 13.3. The molecule has 3 nitrogen and oxygen atoms in total. The van der Waals surface area contributed by atoms with Crippen LogP contribution < -0.4 is 15.7 Å². The third-order valence-corrected chi connectivity index (χ3v) is 9.99. The Balaban J connectivity index is 1.64. The zero-order chi connectivity index (χ0) is 20.8. The lowest BCUT2D eigenvalue weighted by Crippen LogP contribution is -2.43. The van der Waals surface area contributed by atoms with Gasteiger partial charge in [0.15, 0.2) is 0 Å². The summed E-state index contributed by atoms with van der Waals surface area (Å²) in [6.07, 6.45) is 4.07. The summed E-state index contributed by atoms with van der Waals surface area (Å²) in [5.41, 5.74) is 0.757. The molecule has 0 aromatic heterocycles. The van der Waals surface area contributed by atoms with Crippen molar-refractivity contribution in [1.82, 2.24) is 5.09 Å². The summed E-state index contributed by atoms with van der Waals surface area (Å²) < 4.78 is 0. The second-order valence-corrected chi connectivity index (χ2v) is 11.9. The van der Waals surface area contributed by atoms with Crippen molar-refractivity contribution in [3.05, 3.63) is 90.5 Å². The average molecular weight is 435 g/mol. The van der Waals surface area contributed by atoms with E-state index in [2.05, 4.69) is 53.6 Å². The Kier molecular flexibility index (Phi) is 6.79. The van der Waals surface area contributed by atoms with Crippen LogP contribution in [-0.4, -0.2) is 23.4 Å². The summed E-state index contributed by atoms with van der Waals surface area (Å²) in [6.45, 7) is 0. The van der Waals surface area contributed by atoms with E-state index in [1.54, 1.807) is 6.07 Å². The van der Waals surface area contributed by atoms with Crippen LogP contribution >= 0.6 is 6.19 Å². The average Bonchev–Trinajstić information content (AvgIpc) is 2.80. The molecule has 2 N–H and O–H groups in total. The van der Waals surface area contributed by atoms with Gasteiger partial charge in [-0.15, -0.1) is 0 Å². The number of nitrogens with one attached hydrogen (secondary N) is 1. The molecular formula is C25H27N2OPS. The van der Waals surface area contributed by atoms with Crippen molar-refractivity contribution in [3.8, 4) is 5.75 Å². The fourth-order valence-electron chi connectivity index (χ4n) is 4.02. The summed E-state index contributed by atoms with van der Waals surface area (Å²) in [5.74, 6) is 0.264. The van der Waals surface area contributed by atoms with Crippen molar-refractivity contribution in [2.45, 2.75) is 37.8 Å². The molecule has 3 aromatic rings. The van der Waals surface area contributed by atoms with Crippen molar-refractivity contribution in [3.63, 3.8) is 0 Å². The van der Waals surface area contributed by atoms with E-state index in [1.165, 1.54) is 23.5 Å². The highest BCUT2D eigenvalue weighted by Crippen LogP contribution is 2.41. The number of phenols is 1. The summed E-state index contributed by atoms with van der Waals surface area (Å²) in [4.78, 5) is 4.89. The van der Waals surface area contributed by atoms with E-state index in [9.17, 15) is 5.11 Å². The molecule has 154 valence electrons. The van der Waals surface area contributed by atoms with Crippen molar-refractivity contribution >= 4 is 34.8 Å². The standard InChI is InChI=1S/C25H27N2OPS/c28-25-18-10-7-11-20(25)19-26-23-16-8-9-17-24(23)27-29(30,21-12-3-1-4-13-21)22-14-5-2-6-15-22/h1-7,10-15,18-19,23-24,28H,8-9,16-17H2,(H,27,30)/t23-,24-/m1/s1. The third-order valence-electron chi connectivity index (χ3n) is 5.66. The number of nitrogens with zero attached hydrogens (tertiary/aromatic N) is 1. The number of hydrogen-bond acceptors (Lipinski definition) is 3. The van der Waals surface area contributed by atoms with E-state index in [-0.39, 0.29) is 17.8 Å². The van der Waals surface area contributed by atoms with Gasteiger partial charge in [-0.1, -0.05) is 97.4 Å². The van der Waals surface area contributed by atoms with Crippen LogP contribution in [0.15, 0.2) is 89.9 Å². The predicted molar refractivity (Wildman–Crippen MR) is 131 cm³/mol. The number of rotatable bonds is 6. The van der Waals surface area contributed by atoms with Gasteiger partial charge in [-0.3, -0.25) is 10.1 Å². The van der Waals surface area contributed by atoms with Crippen LogP contribution in [0.1, 0.15) is 31.2 Å². The molecule has 0 saturated heterocycles. The molecule has 0 aliphatic heterocycles. The quantitative estimate of drug-likeness (QED) is 0.434. The van der Waals surface area contributed by atoms with Crippen LogP contribution in [0, 0.1) is 0 Å². The highest BCUT2D eigenvalue weighted by Gasteiger charge is 2.31. The van der Waals surface area contributed by atoms with Gasteiger partial charge in [-0.25, -0.2) is 0 Å². The Labute approximate surface area is 184 Å². The summed E-state index contributed by atoms with van der Waals surface area (Å²) >= 11 is 6.38. The van der Waals surface area contributed by atoms with Crippen LogP contribution in [-0.2, 0) is 11.8 Å². The molecule has 4 rings (SSSR count). The second-order valence-electron chi connectivity index (χ2n) is 7.70. The fraction of sp³-hybridized carbons (Fsp3) is 0.240. The predicted octanol–water partition coefficient (Wildman–Crippen LogP) is 4.76. The molecule has 3 aromatic carbocycles. The zero-order valence-corrected chi connectivity index (χ0v) is 18.6. The minimum atomic E-state index is -2.18. The van der Waals surface area contributed by atoms with Crippen molar-refractivity contribution < 1.29 is 5.11 Å². The number of benzene rings is 3. The monoisotopic (exact) mass is 434 g/mol. The molecular weight excluding hydrogens is 407 g/mol. The Morgan fingerprint density at radius 3 is 2.03 bits per heavy atom. The molecule has 0 heterocycles. The molecule has 0 unspecified atom stereocenters.